The van der Waals surface area contributed by atoms with Gasteiger partial charge in [-0.15, -0.1) is 5.11 Å². The van der Waals surface area contributed by atoms with E-state index in [2.05, 4.69) is 45.3 Å². The molecule has 0 aromatic heterocycles. The van der Waals surface area contributed by atoms with Crippen molar-refractivity contribution in [3.05, 3.63) is 47.0 Å². The third kappa shape index (κ3) is 1.44. The average Bonchev–Trinajstić information content (AvgIpc) is 2.63. The Morgan fingerprint density at radius 1 is 1.25 bits per heavy atom. The predicted octanol–water partition coefficient (Wildman–Crippen LogP) is 2.55. The molecule has 2 aliphatic rings. The molecule has 1 aromatic rings. The summed E-state index contributed by atoms with van der Waals surface area (Å²) in [4.78, 5) is 0. The van der Waals surface area contributed by atoms with Crippen LogP contribution in [0.2, 0.25) is 0 Å². The minimum atomic E-state index is 0.842. The van der Waals surface area contributed by atoms with Gasteiger partial charge in [-0.25, -0.2) is 0 Å². The molecule has 1 aliphatic carbocycles. The lowest BCUT2D eigenvalue weighted by atomic mass is 10.0. The van der Waals surface area contributed by atoms with E-state index >= 15 is 0 Å². The van der Waals surface area contributed by atoms with Crippen molar-refractivity contribution in [2.45, 2.75) is 6.42 Å². The lowest BCUT2D eigenvalue weighted by molar-refractivity contribution is 0.759. The van der Waals surface area contributed by atoms with Gasteiger partial charge in [0.15, 0.2) is 0 Å². The van der Waals surface area contributed by atoms with Crippen molar-refractivity contribution in [3.8, 4) is 0 Å². The summed E-state index contributed by atoms with van der Waals surface area (Å²) in [6.45, 7) is 0. The van der Waals surface area contributed by atoms with Gasteiger partial charge in [0.2, 0.25) is 0 Å². The summed E-state index contributed by atoms with van der Waals surface area (Å²) in [6, 6.07) is 6.22. The summed E-state index contributed by atoms with van der Waals surface area (Å²) in [5.41, 5.74) is 7.02. The van der Waals surface area contributed by atoms with Crippen molar-refractivity contribution in [2.75, 3.05) is 0 Å². The number of hydrazone groups is 1. The molecule has 4 nitrogen and oxygen atoms in total. The molecule has 4 heteroatoms. The number of hydrogen-bond acceptors (Lipinski definition) is 4. The Balaban J connectivity index is 2.11. The monoisotopic (exact) mass is 210 g/mol. The number of benzene rings is 1. The highest BCUT2D eigenvalue weighted by Crippen LogP contribution is 2.28. The zero-order valence-corrected chi connectivity index (χ0v) is 8.59. The molecule has 0 spiro atoms. The van der Waals surface area contributed by atoms with Crippen LogP contribution in [0.5, 0.6) is 0 Å². The molecule has 0 fully saturated rings. The molecule has 3 rings (SSSR count). The van der Waals surface area contributed by atoms with Crippen LogP contribution in [-0.4, -0.2) is 6.21 Å². The second-order valence-electron chi connectivity index (χ2n) is 3.61. The van der Waals surface area contributed by atoms with Gasteiger partial charge in [-0.3, -0.25) is 0 Å². The maximum atomic E-state index is 4.09. The first-order valence-corrected chi connectivity index (χ1v) is 5.13. The van der Waals surface area contributed by atoms with E-state index in [-0.39, 0.29) is 0 Å². The minimum Gasteiger partial charge on any atom is -0.179 e. The van der Waals surface area contributed by atoms with Gasteiger partial charge >= 0.3 is 0 Å². The summed E-state index contributed by atoms with van der Waals surface area (Å²) in [6.07, 6.45) is 8.78. The molecule has 16 heavy (non-hydrogen) atoms. The van der Waals surface area contributed by atoms with E-state index in [4.69, 9.17) is 0 Å². The lowest BCUT2D eigenvalue weighted by Crippen LogP contribution is -1.92. The number of nitrogens with one attached hydrogen (secondary N) is 1. The molecule has 0 radical (unpaired) electrons. The molecule has 1 aromatic carbocycles. The minimum absolute atomic E-state index is 0.842. The predicted molar refractivity (Wildman–Crippen MR) is 63.6 cm³/mol. The molecular weight excluding hydrogens is 200 g/mol. The second-order valence-corrected chi connectivity index (χ2v) is 3.61. The smallest absolute Gasteiger partial charge is 0.0966 e. The fourth-order valence-electron chi connectivity index (χ4n) is 1.95. The number of fused-ring (bicyclic) bond motifs is 1. The lowest BCUT2D eigenvalue weighted by Gasteiger charge is -2.06. The van der Waals surface area contributed by atoms with Crippen molar-refractivity contribution in [3.63, 3.8) is 0 Å². The average molecular weight is 210 g/mol. The van der Waals surface area contributed by atoms with Crippen LogP contribution >= 0.6 is 0 Å². The van der Waals surface area contributed by atoms with E-state index in [1.54, 1.807) is 6.21 Å². The van der Waals surface area contributed by atoms with Gasteiger partial charge in [0.25, 0.3) is 0 Å². The highest BCUT2D eigenvalue weighted by atomic mass is 15.6. The Labute approximate surface area is 93.1 Å². The summed E-state index contributed by atoms with van der Waals surface area (Å²) in [5, 5.41) is 11.6. The molecule has 0 saturated carbocycles. The van der Waals surface area contributed by atoms with Crippen LogP contribution < -0.4 is 5.53 Å². The molecule has 0 unspecified atom stereocenters. The third-order valence-electron chi connectivity index (χ3n) is 2.67. The van der Waals surface area contributed by atoms with E-state index in [9.17, 15) is 0 Å². The maximum absolute atomic E-state index is 4.09. The zero-order chi connectivity index (χ0) is 10.8. The van der Waals surface area contributed by atoms with E-state index in [0.29, 0.717) is 0 Å². The molecule has 1 aliphatic heterocycles. The molecule has 1 N–H and O–H groups in total. The quantitative estimate of drug-likeness (QED) is 0.760. The Bertz CT molecular complexity index is 538. The third-order valence-corrected chi connectivity index (χ3v) is 2.67. The summed E-state index contributed by atoms with van der Waals surface area (Å²) >= 11 is 0. The summed E-state index contributed by atoms with van der Waals surface area (Å²) < 4.78 is 0. The van der Waals surface area contributed by atoms with Crippen LogP contribution in [0.25, 0.3) is 11.8 Å². The van der Waals surface area contributed by atoms with E-state index in [1.165, 1.54) is 11.1 Å². The molecule has 0 bridgehead atoms. The summed E-state index contributed by atoms with van der Waals surface area (Å²) in [5.74, 6) is 0. The van der Waals surface area contributed by atoms with Crippen molar-refractivity contribution in [1.29, 1.82) is 0 Å². The fourth-order valence-corrected chi connectivity index (χ4v) is 1.95. The highest BCUT2D eigenvalue weighted by Gasteiger charge is 2.13. The Morgan fingerprint density at radius 2 is 2.25 bits per heavy atom. The van der Waals surface area contributed by atoms with Crippen molar-refractivity contribution in [2.24, 2.45) is 15.4 Å². The SMILES string of the molecule is C1=Cc2cccc(C3=CC=NNN=N3)c2C1. The van der Waals surface area contributed by atoms with Crippen LogP contribution in [0.1, 0.15) is 16.7 Å². The first-order chi connectivity index (χ1) is 7.95. The molecule has 0 amide bonds. The number of nitrogens with zero attached hydrogens (tertiary/aromatic N) is 3. The van der Waals surface area contributed by atoms with Gasteiger partial charge < -0.3 is 0 Å². The normalized spacial score (nSPS) is 16.6. The van der Waals surface area contributed by atoms with Gasteiger partial charge in [0.05, 0.1) is 11.9 Å². The van der Waals surface area contributed by atoms with E-state index in [0.717, 1.165) is 17.7 Å². The number of allylic oxidation sites excluding steroid dienone is 2. The number of rotatable bonds is 1. The number of hydrogen-bond donors (Lipinski definition) is 1. The van der Waals surface area contributed by atoms with Crippen LogP contribution in [0.15, 0.2) is 45.8 Å². The molecule has 0 saturated heterocycles. The van der Waals surface area contributed by atoms with E-state index < -0.39 is 0 Å². The van der Waals surface area contributed by atoms with Crippen molar-refractivity contribution >= 4 is 18.0 Å². The summed E-state index contributed by atoms with van der Waals surface area (Å²) in [7, 11) is 0. The molecule has 0 atom stereocenters. The maximum Gasteiger partial charge on any atom is 0.0966 e. The second kappa shape index (κ2) is 3.73. The van der Waals surface area contributed by atoms with Gasteiger partial charge in [-0.2, -0.15) is 10.6 Å². The van der Waals surface area contributed by atoms with Gasteiger partial charge in [0.1, 0.15) is 0 Å². The highest BCUT2D eigenvalue weighted by molar-refractivity contribution is 5.86. The first kappa shape index (κ1) is 9.03. The van der Waals surface area contributed by atoms with Crippen LogP contribution in [-0.2, 0) is 6.42 Å². The molecule has 1 heterocycles. The van der Waals surface area contributed by atoms with E-state index in [1.807, 2.05) is 12.1 Å². The molecule has 78 valence electrons. The topological polar surface area (TPSA) is 49.1 Å². The molecular formula is C12H10N4. The Morgan fingerprint density at radius 3 is 3.25 bits per heavy atom. The van der Waals surface area contributed by atoms with Gasteiger partial charge in [0, 0.05) is 5.56 Å². The van der Waals surface area contributed by atoms with Gasteiger partial charge in [-0.05, 0) is 23.6 Å². The van der Waals surface area contributed by atoms with Gasteiger partial charge in [-0.1, -0.05) is 35.6 Å². The van der Waals surface area contributed by atoms with Crippen LogP contribution in [0.4, 0.5) is 0 Å². The van der Waals surface area contributed by atoms with Crippen molar-refractivity contribution < 1.29 is 0 Å². The van der Waals surface area contributed by atoms with Crippen molar-refractivity contribution in [1.82, 2.24) is 5.53 Å². The largest absolute Gasteiger partial charge is 0.179 e. The van der Waals surface area contributed by atoms with Crippen LogP contribution in [0, 0.1) is 0 Å². The standard InChI is InChI=1S/C12H10N4/c1-3-9-4-2-6-11(10(9)5-1)12-7-8-13-15-16-14-12/h1-4,6-8H,5H2,(H,14,15). The Kier molecular flexibility index (Phi) is 2.11. The first-order valence-electron chi connectivity index (χ1n) is 5.13. The van der Waals surface area contributed by atoms with Crippen LogP contribution in [0.3, 0.4) is 0 Å². The zero-order valence-electron chi connectivity index (χ0n) is 8.59. The fraction of sp³-hybridized carbons (Fsp3) is 0.0833. The Hall–Kier alpha value is -2.23.